The van der Waals surface area contributed by atoms with Gasteiger partial charge in [-0.3, -0.25) is 9.59 Å². The third-order valence-electron chi connectivity index (χ3n) is 5.04. The van der Waals surface area contributed by atoms with E-state index in [0.29, 0.717) is 22.5 Å². The minimum atomic E-state index is -0.226. The summed E-state index contributed by atoms with van der Waals surface area (Å²) in [6.45, 7) is 5.74. The molecule has 0 bridgehead atoms. The Hall–Kier alpha value is -3.28. The predicted molar refractivity (Wildman–Crippen MR) is 109 cm³/mol. The fraction of sp³-hybridized carbons (Fsp3) is 0.273. The van der Waals surface area contributed by atoms with E-state index in [-0.39, 0.29) is 17.7 Å². The third-order valence-corrected chi connectivity index (χ3v) is 5.04. The van der Waals surface area contributed by atoms with Crippen molar-refractivity contribution in [2.45, 2.75) is 33.6 Å². The summed E-state index contributed by atoms with van der Waals surface area (Å²) in [7, 11) is 0. The van der Waals surface area contributed by atoms with Crippen LogP contribution in [0.3, 0.4) is 0 Å². The van der Waals surface area contributed by atoms with Gasteiger partial charge < -0.3 is 10.6 Å². The highest BCUT2D eigenvalue weighted by molar-refractivity contribution is 6.06. The molecule has 0 unspecified atom stereocenters. The van der Waals surface area contributed by atoms with Crippen molar-refractivity contribution < 1.29 is 9.59 Å². The normalized spacial score (nSPS) is 13.4. The number of aromatic nitrogens is 2. The van der Waals surface area contributed by atoms with Gasteiger partial charge in [0.25, 0.3) is 5.91 Å². The lowest BCUT2D eigenvalue weighted by molar-refractivity contribution is -0.117. The van der Waals surface area contributed by atoms with Gasteiger partial charge in [0.05, 0.1) is 22.4 Å². The minimum absolute atomic E-state index is 0.0416. The Kier molecular flexibility index (Phi) is 4.55. The highest BCUT2D eigenvalue weighted by Crippen LogP contribution is 2.31. The Morgan fingerprint density at radius 2 is 1.61 bits per heavy atom. The molecule has 1 fully saturated rings. The summed E-state index contributed by atoms with van der Waals surface area (Å²) >= 11 is 0. The molecule has 2 amide bonds. The molecule has 1 aliphatic carbocycles. The van der Waals surface area contributed by atoms with E-state index in [1.54, 1.807) is 18.2 Å². The molecule has 1 saturated carbocycles. The van der Waals surface area contributed by atoms with E-state index < -0.39 is 0 Å². The van der Waals surface area contributed by atoms with Gasteiger partial charge in [-0.1, -0.05) is 6.07 Å². The van der Waals surface area contributed by atoms with Crippen LogP contribution in [0.25, 0.3) is 11.0 Å². The molecule has 1 aromatic heterocycles. The summed E-state index contributed by atoms with van der Waals surface area (Å²) in [4.78, 5) is 33.8. The van der Waals surface area contributed by atoms with E-state index >= 15 is 0 Å². The van der Waals surface area contributed by atoms with Crippen molar-refractivity contribution in [3.8, 4) is 0 Å². The first-order valence-electron chi connectivity index (χ1n) is 9.38. The molecule has 2 aromatic carbocycles. The maximum absolute atomic E-state index is 12.8. The van der Waals surface area contributed by atoms with E-state index in [4.69, 9.17) is 0 Å². The van der Waals surface area contributed by atoms with Gasteiger partial charge in [-0.2, -0.15) is 0 Å². The number of anilines is 2. The van der Waals surface area contributed by atoms with Gasteiger partial charge in [0.1, 0.15) is 0 Å². The van der Waals surface area contributed by atoms with Gasteiger partial charge in [-0.05, 0) is 69.5 Å². The van der Waals surface area contributed by atoms with Crippen molar-refractivity contribution in [1.82, 2.24) is 9.97 Å². The third kappa shape index (κ3) is 3.71. The van der Waals surface area contributed by atoms with E-state index in [9.17, 15) is 9.59 Å². The summed E-state index contributed by atoms with van der Waals surface area (Å²) in [6.07, 6.45) is 1.90. The molecule has 28 heavy (non-hydrogen) atoms. The Morgan fingerprint density at radius 1 is 0.893 bits per heavy atom. The number of benzene rings is 2. The molecule has 6 nitrogen and oxygen atoms in total. The second-order valence-electron chi connectivity index (χ2n) is 7.35. The molecule has 1 aliphatic rings. The summed E-state index contributed by atoms with van der Waals surface area (Å²) < 4.78 is 0. The fourth-order valence-electron chi connectivity index (χ4n) is 2.99. The zero-order chi connectivity index (χ0) is 19.8. The Labute approximate surface area is 163 Å². The van der Waals surface area contributed by atoms with Crippen LogP contribution in [0.15, 0.2) is 36.4 Å². The van der Waals surface area contributed by atoms with Crippen molar-refractivity contribution in [3.63, 3.8) is 0 Å². The highest BCUT2D eigenvalue weighted by Gasteiger charge is 2.29. The number of hydrogen-bond donors (Lipinski definition) is 2. The molecule has 0 saturated heterocycles. The zero-order valence-electron chi connectivity index (χ0n) is 16.2. The molecule has 1 heterocycles. The molecular weight excluding hydrogens is 352 g/mol. The van der Waals surface area contributed by atoms with Gasteiger partial charge in [-0.15, -0.1) is 0 Å². The van der Waals surface area contributed by atoms with Crippen LogP contribution in [-0.4, -0.2) is 21.8 Å². The molecule has 0 radical (unpaired) electrons. The zero-order valence-corrected chi connectivity index (χ0v) is 16.2. The van der Waals surface area contributed by atoms with E-state index in [0.717, 1.165) is 35.3 Å². The number of hydrogen-bond acceptors (Lipinski definition) is 4. The first-order valence-corrected chi connectivity index (χ1v) is 9.38. The van der Waals surface area contributed by atoms with Gasteiger partial charge >= 0.3 is 0 Å². The smallest absolute Gasteiger partial charge is 0.255 e. The number of amides is 2. The van der Waals surface area contributed by atoms with Crippen LogP contribution in [0.2, 0.25) is 0 Å². The molecule has 0 atom stereocenters. The summed E-state index contributed by atoms with van der Waals surface area (Å²) in [5.74, 6) is -0.0549. The topological polar surface area (TPSA) is 84.0 Å². The fourth-order valence-corrected chi connectivity index (χ4v) is 2.99. The maximum atomic E-state index is 12.8. The first-order chi connectivity index (χ1) is 13.4. The quantitative estimate of drug-likeness (QED) is 0.718. The Balaban J connectivity index is 1.56. The number of fused-ring (bicyclic) bond motifs is 1. The van der Waals surface area contributed by atoms with Crippen molar-refractivity contribution in [2.75, 3.05) is 10.6 Å². The van der Waals surface area contributed by atoms with Gasteiger partial charge in [0.15, 0.2) is 0 Å². The van der Waals surface area contributed by atoms with Crippen LogP contribution in [0, 0.1) is 26.7 Å². The second-order valence-corrected chi connectivity index (χ2v) is 7.35. The average molecular weight is 374 g/mol. The summed E-state index contributed by atoms with van der Waals surface area (Å²) in [5, 5.41) is 5.85. The molecule has 0 spiro atoms. The summed E-state index contributed by atoms with van der Waals surface area (Å²) in [6, 6.07) is 10.8. The van der Waals surface area contributed by atoms with E-state index in [2.05, 4.69) is 20.6 Å². The SMILES string of the molecule is Cc1ccc(NC(=O)C2CC2)cc1NC(=O)c1ccc2nc(C)c(C)nc2c1. The van der Waals surface area contributed by atoms with Crippen LogP contribution < -0.4 is 10.6 Å². The van der Waals surface area contributed by atoms with Gasteiger partial charge in [0.2, 0.25) is 5.91 Å². The predicted octanol–water partition coefficient (Wildman–Crippen LogP) is 4.16. The van der Waals surface area contributed by atoms with Crippen molar-refractivity contribution in [2.24, 2.45) is 5.92 Å². The van der Waals surface area contributed by atoms with Gasteiger partial charge in [0, 0.05) is 22.9 Å². The minimum Gasteiger partial charge on any atom is -0.326 e. The summed E-state index contributed by atoms with van der Waals surface area (Å²) in [5.41, 5.74) is 5.98. The van der Waals surface area contributed by atoms with E-state index in [1.807, 2.05) is 39.0 Å². The molecule has 6 heteroatoms. The lowest BCUT2D eigenvalue weighted by Gasteiger charge is -2.12. The number of carbonyl (C=O) groups is 2. The van der Waals surface area contributed by atoms with Crippen LogP contribution in [0.5, 0.6) is 0 Å². The van der Waals surface area contributed by atoms with E-state index in [1.165, 1.54) is 0 Å². The number of nitrogens with one attached hydrogen (secondary N) is 2. The first kappa shape index (κ1) is 18.1. The molecule has 142 valence electrons. The molecule has 3 aromatic rings. The highest BCUT2D eigenvalue weighted by atomic mass is 16.2. The van der Waals surface area contributed by atoms with Crippen molar-refractivity contribution in [3.05, 3.63) is 58.9 Å². The van der Waals surface area contributed by atoms with Crippen molar-refractivity contribution in [1.29, 1.82) is 0 Å². The standard InChI is InChI=1S/C22H22N4O2/c1-12-4-8-17(25-21(27)15-5-6-15)11-19(12)26-22(28)16-7-9-18-20(10-16)24-14(3)13(2)23-18/h4,7-11,15H,5-6H2,1-3H3,(H,25,27)(H,26,28). The van der Waals surface area contributed by atoms with Crippen LogP contribution in [0.4, 0.5) is 11.4 Å². The number of aryl methyl sites for hydroxylation is 3. The van der Waals surface area contributed by atoms with Crippen molar-refractivity contribution >= 4 is 34.2 Å². The monoisotopic (exact) mass is 374 g/mol. The van der Waals surface area contributed by atoms with Crippen LogP contribution >= 0.6 is 0 Å². The second kappa shape index (κ2) is 7.03. The molecule has 0 aliphatic heterocycles. The molecule has 2 N–H and O–H groups in total. The Bertz CT molecular complexity index is 1100. The number of nitrogens with zero attached hydrogens (tertiary/aromatic N) is 2. The largest absolute Gasteiger partial charge is 0.326 e. The molecular formula is C22H22N4O2. The lowest BCUT2D eigenvalue weighted by atomic mass is 10.1. The molecule has 4 rings (SSSR count). The number of carbonyl (C=O) groups excluding carboxylic acids is 2. The lowest BCUT2D eigenvalue weighted by Crippen LogP contribution is -2.15. The van der Waals surface area contributed by atoms with Crippen LogP contribution in [-0.2, 0) is 4.79 Å². The Morgan fingerprint density at radius 3 is 2.32 bits per heavy atom. The van der Waals surface area contributed by atoms with Crippen LogP contribution in [0.1, 0.15) is 40.2 Å². The number of rotatable bonds is 4. The average Bonchev–Trinajstić information content (AvgIpc) is 3.50. The van der Waals surface area contributed by atoms with Gasteiger partial charge in [-0.25, -0.2) is 9.97 Å². The maximum Gasteiger partial charge on any atom is 0.255 e.